The van der Waals surface area contributed by atoms with Crippen LogP contribution in [0.2, 0.25) is 0 Å². The molecule has 4 heteroatoms. The Morgan fingerprint density at radius 2 is 1.00 bits per heavy atom. The Morgan fingerprint density at radius 1 is 0.385 bits per heavy atom. The predicted octanol–water partition coefficient (Wildman–Crippen LogP) is 13.7. The van der Waals surface area contributed by atoms with Crippen LogP contribution in [0.25, 0.3) is 78.1 Å². The minimum absolute atomic E-state index is 0.373. The van der Waals surface area contributed by atoms with Crippen molar-refractivity contribution < 1.29 is 0 Å². The van der Waals surface area contributed by atoms with Crippen molar-refractivity contribution in [2.24, 2.45) is 0 Å². The summed E-state index contributed by atoms with van der Waals surface area (Å²) in [5, 5.41) is 7.90. The maximum absolute atomic E-state index is 2.42. The number of thiophene rings is 1. The Hall–Kier alpha value is -5.90. The van der Waals surface area contributed by atoms with Gasteiger partial charge in [-0.05, 0) is 24.3 Å². The Morgan fingerprint density at radius 3 is 1.87 bits per heavy atom. The van der Waals surface area contributed by atoms with Gasteiger partial charge in [-0.2, -0.15) is 0 Å². The van der Waals surface area contributed by atoms with Gasteiger partial charge in [0.05, 0.1) is 5.52 Å². The molecule has 0 aliphatic heterocycles. The molecule has 0 saturated heterocycles. The van der Waals surface area contributed by atoms with Crippen LogP contribution in [-0.2, 0) is 0 Å². The smallest absolute Gasteiger partial charge is 0.0602 e. The fraction of sp³-hybridized carbons (Fsp3) is 0. The van der Waals surface area contributed by atoms with Crippen LogP contribution in [0, 0.1) is 0 Å². The number of benzene rings is 8. The molecule has 0 bridgehead atoms. The third-order valence-corrected chi connectivity index (χ3v) is 13.9. The fourth-order valence-electron chi connectivity index (χ4n) is 7.96. The quantitative estimate of drug-likeness (QED) is 0.159. The standard InChI is InChI=1S/C48H30N2SSe/c1-2-10-33(11-3-1)50-43-15-7-4-12-37(43)38-25-23-35(29-44(38)50)49(36-24-26-40-39-13-5-8-16-45(39)51-46(40)30-36)34-21-18-31(19-22-34)32-20-27-48-42(28-32)41-14-6-9-17-47(41)52-48/h1-30H. The van der Waals surface area contributed by atoms with Crippen molar-refractivity contribution in [3.63, 3.8) is 0 Å². The first-order chi connectivity index (χ1) is 25.8. The average molecular weight is 746 g/mol. The van der Waals surface area contributed by atoms with Crippen LogP contribution in [0.4, 0.5) is 17.1 Å². The van der Waals surface area contributed by atoms with E-state index in [1.54, 1.807) is 0 Å². The molecule has 244 valence electrons. The van der Waals surface area contributed by atoms with E-state index in [2.05, 4.69) is 191 Å². The summed E-state index contributed by atoms with van der Waals surface area (Å²) in [6.07, 6.45) is 0. The van der Waals surface area contributed by atoms with Gasteiger partial charge in [-0.3, -0.25) is 0 Å². The van der Waals surface area contributed by atoms with Crippen LogP contribution >= 0.6 is 11.3 Å². The van der Waals surface area contributed by atoms with E-state index in [0.29, 0.717) is 14.5 Å². The van der Waals surface area contributed by atoms with Crippen LogP contribution in [-0.4, -0.2) is 19.1 Å². The Labute approximate surface area is 310 Å². The van der Waals surface area contributed by atoms with Crippen molar-refractivity contribution in [2.75, 3.05) is 4.90 Å². The summed E-state index contributed by atoms with van der Waals surface area (Å²) in [7, 11) is 0. The number of nitrogens with zero attached hydrogens (tertiary/aromatic N) is 2. The van der Waals surface area contributed by atoms with Gasteiger partial charge < -0.3 is 4.57 Å². The van der Waals surface area contributed by atoms with Gasteiger partial charge in [0.25, 0.3) is 0 Å². The van der Waals surface area contributed by atoms with Gasteiger partial charge in [-0.15, -0.1) is 11.3 Å². The van der Waals surface area contributed by atoms with Crippen molar-refractivity contribution in [1.29, 1.82) is 0 Å². The monoisotopic (exact) mass is 746 g/mol. The van der Waals surface area contributed by atoms with E-state index in [1.807, 2.05) is 11.3 Å². The zero-order valence-electron chi connectivity index (χ0n) is 28.0. The van der Waals surface area contributed by atoms with Crippen LogP contribution in [0.3, 0.4) is 0 Å². The minimum Gasteiger partial charge on any atom is -0.0602 e. The normalized spacial score (nSPS) is 11.8. The molecular formula is C48H30N2SSe. The predicted molar refractivity (Wildman–Crippen MR) is 226 cm³/mol. The molecule has 0 unspecified atom stereocenters. The molecule has 0 atom stereocenters. The van der Waals surface area contributed by atoms with Crippen molar-refractivity contribution >= 4 is 104 Å². The third kappa shape index (κ3) is 4.69. The van der Waals surface area contributed by atoms with Crippen molar-refractivity contribution in [3.05, 3.63) is 182 Å². The summed E-state index contributed by atoms with van der Waals surface area (Å²) >= 11 is 2.24. The molecule has 2 nitrogen and oxygen atoms in total. The van der Waals surface area contributed by atoms with Gasteiger partial charge in [0.15, 0.2) is 0 Å². The topological polar surface area (TPSA) is 8.17 Å². The van der Waals surface area contributed by atoms with E-state index in [-0.39, 0.29) is 0 Å². The molecule has 0 fully saturated rings. The number of para-hydroxylation sites is 2. The molecule has 0 radical (unpaired) electrons. The molecule has 0 N–H and O–H groups in total. The number of hydrogen-bond donors (Lipinski definition) is 0. The van der Waals surface area contributed by atoms with E-state index < -0.39 is 0 Å². The van der Waals surface area contributed by atoms with Crippen LogP contribution < -0.4 is 4.90 Å². The fourth-order valence-corrected chi connectivity index (χ4v) is 11.4. The summed E-state index contributed by atoms with van der Waals surface area (Å²) in [5.74, 6) is 0. The SMILES string of the molecule is c1ccc(-n2c3ccccc3c3ccc(N(c4ccc(-c5ccc6[se]c7ccccc7c6c5)cc4)c4ccc5c(c4)sc4ccccc45)cc32)cc1. The number of rotatable bonds is 5. The number of anilines is 3. The van der Waals surface area contributed by atoms with Gasteiger partial charge in [0.1, 0.15) is 0 Å². The zero-order chi connectivity index (χ0) is 34.2. The minimum atomic E-state index is 0.373. The van der Waals surface area contributed by atoms with E-state index >= 15 is 0 Å². The van der Waals surface area contributed by atoms with Crippen molar-refractivity contribution in [2.45, 2.75) is 0 Å². The molecule has 0 amide bonds. The molecule has 0 saturated carbocycles. The summed E-state index contributed by atoms with van der Waals surface area (Å²) in [6, 6.07) is 67.1. The third-order valence-electron chi connectivity index (χ3n) is 10.4. The number of aromatic nitrogens is 1. The molecule has 8 aromatic carbocycles. The summed E-state index contributed by atoms with van der Waals surface area (Å²) in [4.78, 5) is 2.42. The van der Waals surface area contributed by atoms with Gasteiger partial charge in [-0.25, -0.2) is 0 Å². The molecule has 11 rings (SSSR count). The van der Waals surface area contributed by atoms with E-state index in [9.17, 15) is 0 Å². The molecule has 0 spiro atoms. The molecule has 0 aliphatic rings. The van der Waals surface area contributed by atoms with Crippen molar-refractivity contribution in [1.82, 2.24) is 4.57 Å². The number of fused-ring (bicyclic) bond motifs is 9. The second-order valence-electron chi connectivity index (χ2n) is 13.4. The van der Waals surface area contributed by atoms with E-state index in [1.165, 1.54) is 72.4 Å². The molecule has 52 heavy (non-hydrogen) atoms. The molecular weight excluding hydrogens is 716 g/mol. The summed E-state index contributed by atoms with van der Waals surface area (Å²) < 4.78 is 7.96. The maximum atomic E-state index is 2.42. The van der Waals surface area contributed by atoms with Gasteiger partial charge >= 0.3 is 180 Å². The molecule has 3 aromatic heterocycles. The molecule has 11 aromatic rings. The van der Waals surface area contributed by atoms with E-state index in [0.717, 1.165) is 22.7 Å². The molecule has 0 aliphatic carbocycles. The second-order valence-corrected chi connectivity index (χ2v) is 16.7. The zero-order valence-corrected chi connectivity index (χ0v) is 30.6. The summed E-state index contributed by atoms with van der Waals surface area (Å²) in [5.41, 5.74) is 9.43. The molecule has 3 heterocycles. The van der Waals surface area contributed by atoms with Crippen molar-refractivity contribution in [3.8, 4) is 16.8 Å². The van der Waals surface area contributed by atoms with Crippen LogP contribution in [0.1, 0.15) is 0 Å². The van der Waals surface area contributed by atoms with Gasteiger partial charge in [0, 0.05) is 31.9 Å². The first-order valence-electron chi connectivity index (χ1n) is 17.6. The van der Waals surface area contributed by atoms with Gasteiger partial charge in [0.2, 0.25) is 0 Å². The Kier molecular flexibility index (Phi) is 6.78. The summed E-state index contributed by atoms with van der Waals surface area (Å²) in [6.45, 7) is 0. The van der Waals surface area contributed by atoms with Crippen LogP contribution in [0.15, 0.2) is 182 Å². The Balaban J connectivity index is 1.09. The second kappa shape index (κ2) is 11.8. The first-order valence-corrected chi connectivity index (χ1v) is 20.1. The van der Waals surface area contributed by atoms with E-state index in [4.69, 9.17) is 0 Å². The first kappa shape index (κ1) is 29.8. The van der Waals surface area contributed by atoms with Gasteiger partial charge in [-0.1, -0.05) is 54.6 Å². The van der Waals surface area contributed by atoms with Crippen LogP contribution in [0.5, 0.6) is 0 Å². The Bertz CT molecular complexity index is 3130. The average Bonchev–Trinajstić information content (AvgIpc) is 3.87. The number of hydrogen-bond acceptors (Lipinski definition) is 2.